The van der Waals surface area contributed by atoms with Gasteiger partial charge in [0, 0.05) is 25.7 Å². The van der Waals surface area contributed by atoms with Crippen LogP contribution >= 0.6 is 0 Å². The van der Waals surface area contributed by atoms with Crippen LogP contribution < -0.4 is 5.32 Å². The molecule has 0 aromatic heterocycles. The number of likely N-dealkylation sites (tertiary alicyclic amines) is 1. The molecule has 1 amide bonds. The maximum absolute atomic E-state index is 12.0. The SMILES string of the molecule is CC(C)(C)OC(=O)NC1CC(c2ccccc2)CN(CCO)C1. The van der Waals surface area contributed by atoms with Crippen LogP contribution in [0.25, 0.3) is 0 Å². The molecule has 1 aromatic carbocycles. The zero-order valence-electron chi connectivity index (χ0n) is 14.3. The lowest BCUT2D eigenvalue weighted by atomic mass is 9.88. The molecule has 2 atom stereocenters. The maximum Gasteiger partial charge on any atom is 0.407 e. The Hall–Kier alpha value is -1.59. The van der Waals surface area contributed by atoms with Crippen molar-refractivity contribution >= 4 is 6.09 Å². The molecule has 0 spiro atoms. The van der Waals surface area contributed by atoms with E-state index in [9.17, 15) is 9.90 Å². The minimum absolute atomic E-state index is 0.0235. The van der Waals surface area contributed by atoms with Crippen LogP contribution in [0.4, 0.5) is 4.79 Å². The molecule has 2 N–H and O–H groups in total. The van der Waals surface area contributed by atoms with E-state index in [1.165, 1.54) is 5.56 Å². The maximum atomic E-state index is 12.0. The van der Waals surface area contributed by atoms with Crippen LogP contribution in [-0.4, -0.2) is 54.0 Å². The lowest BCUT2D eigenvalue weighted by Crippen LogP contribution is -2.51. The second-order valence-electron chi connectivity index (χ2n) is 7.17. The molecule has 128 valence electrons. The highest BCUT2D eigenvalue weighted by atomic mass is 16.6. The molecule has 1 heterocycles. The number of amides is 1. The van der Waals surface area contributed by atoms with Crippen molar-refractivity contribution in [2.45, 2.75) is 44.8 Å². The van der Waals surface area contributed by atoms with Gasteiger partial charge < -0.3 is 15.2 Å². The number of carbonyl (C=O) groups is 1. The second kappa shape index (κ2) is 7.79. The lowest BCUT2D eigenvalue weighted by Gasteiger charge is -2.38. The Labute approximate surface area is 138 Å². The fourth-order valence-corrected chi connectivity index (χ4v) is 3.06. The predicted octanol–water partition coefficient (Wildman–Crippen LogP) is 2.36. The number of nitrogens with zero attached hydrogens (tertiary/aromatic N) is 1. The molecule has 0 bridgehead atoms. The Kier molecular flexibility index (Phi) is 6.02. The summed E-state index contributed by atoms with van der Waals surface area (Å²) in [7, 11) is 0. The van der Waals surface area contributed by atoms with Crippen LogP contribution in [0.2, 0.25) is 0 Å². The van der Waals surface area contributed by atoms with Crippen LogP contribution in [0.1, 0.15) is 38.7 Å². The van der Waals surface area contributed by atoms with Crippen molar-refractivity contribution in [3.05, 3.63) is 35.9 Å². The summed E-state index contributed by atoms with van der Waals surface area (Å²) in [6, 6.07) is 10.4. The molecule has 0 radical (unpaired) electrons. The van der Waals surface area contributed by atoms with E-state index in [2.05, 4.69) is 22.3 Å². The van der Waals surface area contributed by atoms with Gasteiger partial charge in [0.1, 0.15) is 5.60 Å². The van der Waals surface area contributed by atoms with E-state index in [0.29, 0.717) is 12.5 Å². The van der Waals surface area contributed by atoms with Gasteiger partial charge in [-0.15, -0.1) is 0 Å². The average molecular weight is 320 g/mol. The molecule has 2 rings (SSSR count). The highest BCUT2D eigenvalue weighted by Gasteiger charge is 2.30. The van der Waals surface area contributed by atoms with Crippen LogP contribution in [-0.2, 0) is 4.74 Å². The topological polar surface area (TPSA) is 61.8 Å². The molecule has 2 unspecified atom stereocenters. The van der Waals surface area contributed by atoms with Crippen molar-refractivity contribution in [2.75, 3.05) is 26.2 Å². The average Bonchev–Trinajstić information content (AvgIpc) is 2.46. The molecular weight excluding hydrogens is 292 g/mol. The van der Waals surface area contributed by atoms with Gasteiger partial charge in [-0.25, -0.2) is 4.79 Å². The van der Waals surface area contributed by atoms with E-state index < -0.39 is 5.60 Å². The Bertz CT molecular complexity index is 499. The fraction of sp³-hybridized carbons (Fsp3) is 0.611. The minimum atomic E-state index is -0.498. The molecule has 1 saturated heterocycles. The minimum Gasteiger partial charge on any atom is -0.444 e. The first-order valence-corrected chi connectivity index (χ1v) is 8.25. The number of nitrogens with one attached hydrogen (secondary N) is 1. The number of piperidine rings is 1. The molecule has 1 aliphatic rings. The quantitative estimate of drug-likeness (QED) is 0.894. The van der Waals surface area contributed by atoms with Crippen molar-refractivity contribution < 1.29 is 14.6 Å². The van der Waals surface area contributed by atoms with Gasteiger partial charge in [-0.2, -0.15) is 0 Å². The molecule has 5 heteroatoms. The molecular formula is C18H28N2O3. The number of alkyl carbamates (subject to hydrolysis) is 1. The van der Waals surface area contributed by atoms with E-state index >= 15 is 0 Å². The highest BCUT2D eigenvalue weighted by Crippen LogP contribution is 2.27. The van der Waals surface area contributed by atoms with Gasteiger partial charge in [0.15, 0.2) is 0 Å². The number of β-amino-alcohol motifs (C(OH)–C–C–N with tert-alkyl or cyclic N) is 1. The van der Waals surface area contributed by atoms with Crippen molar-refractivity contribution in [3.8, 4) is 0 Å². The third kappa shape index (κ3) is 5.84. The number of benzene rings is 1. The van der Waals surface area contributed by atoms with Crippen molar-refractivity contribution in [1.29, 1.82) is 0 Å². The summed E-state index contributed by atoms with van der Waals surface area (Å²) in [5, 5.41) is 12.2. The van der Waals surface area contributed by atoms with E-state index in [-0.39, 0.29) is 18.7 Å². The first-order chi connectivity index (χ1) is 10.9. The van der Waals surface area contributed by atoms with Crippen molar-refractivity contribution in [1.82, 2.24) is 10.2 Å². The molecule has 1 aromatic rings. The number of hydrogen-bond donors (Lipinski definition) is 2. The summed E-state index contributed by atoms with van der Waals surface area (Å²) in [6.45, 7) is 7.96. The van der Waals surface area contributed by atoms with Gasteiger partial charge in [0.25, 0.3) is 0 Å². The van der Waals surface area contributed by atoms with Crippen LogP contribution in [0.15, 0.2) is 30.3 Å². The molecule has 5 nitrogen and oxygen atoms in total. The molecule has 0 aliphatic carbocycles. The number of aliphatic hydroxyl groups excluding tert-OH is 1. The zero-order valence-corrected chi connectivity index (χ0v) is 14.3. The van der Waals surface area contributed by atoms with Crippen LogP contribution in [0, 0.1) is 0 Å². The summed E-state index contributed by atoms with van der Waals surface area (Å²) < 4.78 is 5.36. The van der Waals surface area contributed by atoms with E-state index in [1.807, 2.05) is 39.0 Å². The zero-order chi connectivity index (χ0) is 16.9. The third-order valence-electron chi connectivity index (χ3n) is 3.93. The molecule has 1 fully saturated rings. The molecule has 1 aliphatic heterocycles. The first-order valence-electron chi connectivity index (χ1n) is 8.25. The Morgan fingerprint density at radius 3 is 2.61 bits per heavy atom. The van der Waals surface area contributed by atoms with Gasteiger partial charge in [-0.05, 0) is 38.7 Å². The second-order valence-corrected chi connectivity index (χ2v) is 7.17. The number of rotatable bonds is 4. The highest BCUT2D eigenvalue weighted by molar-refractivity contribution is 5.68. The molecule has 0 saturated carbocycles. The smallest absolute Gasteiger partial charge is 0.407 e. The fourth-order valence-electron chi connectivity index (χ4n) is 3.06. The van der Waals surface area contributed by atoms with Gasteiger partial charge in [-0.3, -0.25) is 4.90 Å². The number of aliphatic hydroxyl groups is 1. The summed E-state index contributed by atoms with van der Waals surface area (Å²) in [5.41, 5.74) is 0.772. The van der Waals surface area contributed by atoms with Crippen molar-refractivity contribution in [2.24, 2.45) is 0 Å². The Morgan fingerprint density at radius 2 is 2.00 bits per heavy atom. The Balaban J connectivity index is 2.02. The summed E-state index contributed by atoms with van der Waals surface area (Å²) >= 11 is 0. The van der Waals surface area contributed by atoms with Gasteiger partial charge in [0.2, 0.25) is 0 Å². The van der Waals surface area contributed by atoms with Crippen LogP contribution in [0.3, 0.4) is 0 Å². The molecule has 23 heavy (non-hydrogen) atoms. The normalized spacial score (nSPS) is 22.6. The number of ether oxygens (including phenoxy) is 1. The van der Waals surface area contributed by atoms with Crippen molar-refractivity contribution in [3.63, 3.8) is 0 Å². The number of hydrogen-bond acceptors (Lipinski definition) is 4. The van der Waals surface area contributed by atoms with Gasteiger partial charge in [0.05, 0.1) is 6.61 Å². The first kappa shape index (κ1) is 17.8. The Morgan fingerprint density at radius 1 is 1.30 bits per heavy atom. The summed E-state index contributed by atoms with van der Waals surface area (Å²) in [4.78, 5) is 14.2. The lowest BCUT2D eigenvalue weighted by molar-refractivity contribution is 0.0459. The van der Waals surface area contributed by atoms with E-state index in [4.69, 9.17) is 4.74 Å². The number of carbonyl (C=O) groups excluding carboxylic acids is 1. The largest absolute Gasteiger partial charge is 0.444 e. The monoisotopic (exact) mass is 320 g/mol. The third-order valence-corrected chi connectivity index (χ3v) is 3.93. The summed E-state index contributed by atoms with van der Waals surface area (Å²) in [6.07, 6.45) is 0.505. The standard InChI is InChI=1S/C18H28N2O3/c1-18(2,3)23-17(22)19-16-11-15(12-20(13-16)9-10-21)14-7-5-4-6-8-14/h4-8,15-16,21H,9-13H2,1-3H3,(H,19,22). The van der Waals surface area contributed by atoms with Crippen LogP contribution in [0.5, 0.6) is 0 Å². The van der Waals surface area contributed by atoms with E-state index in [0.717, 1.165) is 19.5 Å². The van der Waals surface area contributed by atoms with Gasteiger partial charge in [-0.1, -0.05) is 30.3 Å². The summed E-state index contributed by atoms with van der Waals surface area (Å²) in [5.74, 6) is 0.344. The van der Waals surface area contributed by atoms with E-state index in [1.54, 1.807) is 0 Å². The van der Waals surface area contributed by atoms with Gasteiger partial charge >= 0.3 is 6.09 Å². The predicted molar refractivity (Wildman–Crippen MR) is 90.5 cm³/mol.